The molecule has 0 radical (unpaired) electrons. The van der Waals surface area contributed by atoms with Crippen LogP contribution in [0.25, 0.3) is 0 Å². The van der Waals surface area contributed by atoms with E-state index in [0.717, 1.165) is 11.1 Å². The van der Waals surface area contributed by atoms with Gasteiger partial charge in [0.05, 0.1) is 0 Å². The standard InChI is InChI=1S/C10H9ClO3/c11-5-7-1-3-8(4-2-7)9-6-13-10(12)14-9/h1-4,9H,5-6H2. The molecule has 0 aliphatic carbocycles. The van der Waals surface area contributed by atoms with Crippen molar-refractivity contribution >= 4 is 17.8 Å². The lowest BCUT2D eigenvalue weighted by molar-refractivity contribution is 0.118. The van der Waals surface area contributed by atoms with Crippen LogP contribution in [0.3, 0.4) is 0 Å². The Hall–Kier alpha value is -1.22. The fourth-order valence-corrected chi connectivity index (χ4v) is 1.49. The lowest BCUT2D eigenvalue weighted by Gasteiger charge is -2.06. The smallest absolute Gasteiger partial charge is 0.430 e. The fourth-order valence-electron chi connectivity index (χ4n) is 1.31. The quantitative estimate of drug-likeness (QED) is 0.559. The number of halogens is 1. The molecule has 0 bridgehead atoms. The maximum Gasteiger partial charge on any atom is 0.509 e. The first-order chi connectivity index (χ1) is 6.79. The summed E-state index contributed by atoms with van der Waals surface area (Å²) in [5.41, 5.74) is 1.98. The molecule has 1 fully saturated rings. The van der Waals surface area contributed by atoms with Gasteiger partial charge in [-0.2, -0.15) is 0 Å². The third-order valence-electron chi connectivity index (χ3n) is 2.10. The summed E-state index contributed by atoms with van der Waals surface area (Å²) in [4.78, 5) is 10.7. The SMILES string of the molecule is O=C1OCC(c2ccc(CCl)cc2)O1. The Morgan fingerprint density at radius 1 is 1.36 bits per heavy atom. The van der Waals surface area contributed by atoms with Gasteiger partial charge in [0.25, 0.3) is 0 Å². The van der Waals surface area contributed by atoms with Crippen LogP contribution in [-0.4, -0.2) is 12.8 Å². The summed E-state index contributed by atoms with van der Waals surface area (Å²) in [6.45, 7) is 0.291. The number of rotatable bonds is 2. The Labute approximate surface area is 86.6 Å². The molecule has 0 amide bonds. The second-order valence-electron chi connectivity index (χ2n) is 3.04. The van der Waals surface area contributed by atoms with E-state index in [1.165, 1.54) is 0 Å². The molecule has 14 heavy (non-hydrogen) atoms. The van der Waals surface area contributed by atoms with Gasteiger partial charge in [-0.1, -0.05) is 24.3 Å². The Bertz CT molecular complexity index is 334. The van der Waals surface area contributed by atoms with E-state index in [1.807, 2.05) is 24.3 Å². The molecule has 2 rings (SSSR count). The fraction of sp³-hybridized carbons (Fsp3) is 0.300. The largest absolute Gasteiger partial charge is 0.509 e. The minimum atomic E-state index is -0.601. The highest BCUT2D eigenvalue weighted by atomic mass is 35.5. The number of benzene rings is 1. The van der Waals surface area contributed by atoms with Crippen molar-refractivity contribution in [3.8, 4) is 0 Å². The van der Waals surface area contributed by atoms with Gasteiger partial charge in [0, 0.05) is 5.88 Å². The van der Waals surface area contributed by atoms with Gasteiger partial charge in [-0.05, 0) is 11.1 Å². The predicted octanol–water partition coefficient (Wildman–Crippen LogP) is 2.63. The van der Waals surface area contributed by atoms with Gasteiger partial charge >= 0.3 is 6.16 Å². The van der Waals surface area contributed by atoms with Crippen molar-refractivity contribution in [2.45, 2.75) is 12.0 Å². The zero-order valence-corrected chi connectivity index (χ0v) is 8.16. The minimum absolute atomic E-state index is 0.271. The Kier molecular flexibility index (Phi) is 2.59. The topological polar surface area (TPSA) is 35.5 Å². The molecule has 0 saturated carbocycles. The molecule has 1 unspecified atom stereocenters. The van der Waals surface area contributed by atoms with E-state index < -0.39 is 6.16 Å². The van der Waals surface area contributed by atoms with Crippen LogP contribution in [0, 0.1) is 0 Å². The molecular weight excluding hydrogens is 204 g/mol. The van der Waals surface area contributed by atoms with Crippen molar-refractivity contribution in [1.82, 2.24) is 0 Å². The summed E-state index contributed by atoms with van der Waals surface area (Å²) in [6.07, 6.45) is -0.872. The average Bonchev–Trinajstić information content (AvgIpc) is 2.65. The van der Waals surface area contributed by atoms with Crippen molar-refractivity contribution in [2.24, 2.45) is 0 Å². The average molecular weight is 213 g/mol. The molecule has 1 aliphatic rings. The number of carbonyl (C=O) groups excluding carboxylic acids is 1. The van der Waals surface area contributed by atoms with E-state index in [2.05, 4.69) is 4.74 Å². The van der Waals surface area contributed by atoms with Crippen LogP contribution in [-0.2, 0) is 15.4 Å². The van der Waals surface area contributed by atoms with Gasteiger partial charge in [0.2, 0.25) is 0 Å². The molecule has 1 aromatic rings. The third kappa shape index (κ3) is 1.82. The number of carbonyl (C=O) groups is 1. The Morgan fingerprint density at radius 3 is 2.57 bits per heavy atom. The van der Waals surface area contributed by atoms with Crippen LogP contribution in [0.15, 0.2) is 24.3 Å². The molecule has 1 aliphatic heterocycles. The lowest BCUT2D eigenvalue weighted by atomic mass is 10.1. The Morgan fingerprint density at radius 2 is 2.07 bits per heavy atom. The summed E-state index contributed by atoms with van der Waals surface area (Å²) in [5, 5.41) is 0. The highest BCUT2D eigenvalue weighted by Gasteiger charge is 2.26. The van der Waals surface area contributed by atoms with Gasteiger partial charge in [-0.25, -0.2) is 4.79 Å². The molecule has 1 aromatic carbocycles. The second-order valence-corrected chi connectivity index (χ2v) is 3.31. The molecule has 0 spiro atoms. The van der Waals surface area contributed by atoms with Crippen LogP contribution >= 0.6 is 11.6 Å². The van der Waals surface area contributed by atoms with E-state index in [0.29, 0.717) is 12.5 Å². The normalized spacial score (nSPS) is 20.4. The van der Waals surface area contributed by atoms with Crippen LogP contribution in [0.2, 0.25) is 0 Å². The van der Waals surface area contributed by atoms with Crippen LogP contribution in [0.4, 0.5) is 4.79 Å². The molecule has 74 valence electrons. The highest BCUT2D eigenvalue weighted by Crippen LogP contribution is 2.24. The summed E-state index contributed by atoms with van der Waals surface area (Å²) in [5.74, 6) is 0.487. The highest BCUT2D eigenvalue weighted by molar-refractivity contribution is 6.17. The third-order valence-corrected chi connectivity index (χ3v) is 2.41. The van der Waals surface area contributed by atoms with E-state index in [9.17, 15) is 4.79 Å². The van der Waals surface area contributed by atoms with Crippen LogP contribution in [0.1, 0.15) is 17.2 Å². The number of cyclic esters (lactones) is 2. The van der Waals surface area contributed by atoms with Crippen LogP contribution < -0.4 is 0 Å². The molecule has 1 saturated heterocycles. The van der Waals surface area contributed by atoms with Gasteiger partial charge < -0.3 is 9.47 Å². The predicted molar refractivity (Wildman–Crippen MR) is 51.2 cm³/mol. The molecule has 0 N–H and O–H groups in total. The maximum atomic E-state index is 10.7. The van der Waals surface area contributed by atoms with E-state index in [-0.39, 0.29) is 6.10 Å². The maximum absolute atomic E-state index is 10.7. The van der Waals surface area contributed by atoms with Crippen molar-refractivity contribution < 1.29 is 14.3 Å². The van der Waals surface area contributed by atoms with Crippen molar-refractivity contribution in [1.29, 1.82) is 0 Å². The number of alkyl halides is 1. The van der Waals surface area contributed by atoms with Gasteiger partial charge in [-0.15, -0.1) is 11.6 Å². The molecule has 0 aromatic heterocycles. The molecule has 3 nitrogen and oxygen atoms in total. The van der Waals surface area contributed by atoms with Gasteiger partial charge in [0.15, 0.2) is 6.10 Å². The van der Waals surface area contributed by atoms with Crippen molar-refractivity contribution in [3.05, 3.63) is 35.4 Å². The molecule has 1 heterocycles. The molecular formula is C10H9ClO3. The van der Waals surface area contributed by atoms with Gasteiger partial charge in [0.1, 0.15) is 6.61 Å². The zero-order valence-electron chi connectivity index (χ0n) is 7.40. The van der Waals surface area contributed by atoms with Crippen molar-refractivity contribution in [2.75, 3.05) is 6.61 Å². The lowest BCUT2D eigenvalue weighted by Crippen LogP contribution is -1.99. The number of hydrogen-bond donors (Lipinski definition) is 0. The zero-order chi connectivity index (χ0) is 9.97. The monoisotopic (exact) mass is 212 g/mol. The van der Waals surface area contributed by atoms with Crippen LogP contribution in [0.5, 0.6) is 0 Å². The first kappa shape index (κ1) is 9.34. The first-order valence-electron chi connectivity index (χ1n) is 4.28. The van der Waals surface area contributed by atoms with Gasteiger partial charge in [-0.3, -0.25) is 0 Å². The Balaban J connectivity index is 2.13. The summed E-state index contributed by atoms with van der Waals surface area (Å²) in [7, 11) is 0. The second kappa shape index (κ2) is 3.88. The summed E-state index contributed by atoms with van der Waals surface area (Å²) in [6, 6.07) is 7.61. The van der Waals surface area contributed by atoms with E-state index in [4.69, 9.17) is 16.3 Å². The minimum Gasteiger partial charge on any atom is -0.430 e. The summed E-state index contributed by atoms with van der Waals surface area (Å²) < 4.78 is 9.62. The molecule has 1 atom stereocenters. The first-order valence-corrected chi connectivity index (χ1v) is 4.81. The van der Waals surface area contributed by atoms with E-state index in [1.54, 1.807) is 0 Å². The molecule has 4 heteroatoms. The number of ether oxygens (including phenoxy) is 2. The van der Waals surface area contributed by atoms with Crippen molar-refractivity contribution in [3.63, 3.8) is 0 Å². The van der Waals surface area contributed by atoms with E-state index >= 15 is 0 Å². The summed E-state index contributed by atoms with van der Waals surface area (Å²) >= 11 is 5.65. The number of hydrogen-bond acceptors (Lipinski definition) is 3.